The van der Waals surface area contributed by atoms with Crippen LogP contribution in [0.1, 0.15) is 32.3 Å². The number of aliphatic hydroxyl groups is 2. The summed E-state index contributed by atoms with van der Waals surface area (Å²) in [7, 11) is 3.74. The fourth-order valence-electron chi connectivity index (χ4n) is 6.36. The number of nitrogens with zero attached hydrogens (tertiary/aromatic N) is 4. The molecular formula is C37H62N4O13. The number of carboxylic acid groups (broad SMARTS) is 1. The highest BCUT2D eigenvalue weighted by Gasteiger charge is 2.34. The minimum Gasteiger partial charge on any atom is -0.491 e. The maximum absolute atomic E-state index is 12.8. The third-order valence-electron chi connectivity index (χ3n) is 9.63. The smallest absolute Gasteiger partial charge is 0.325 e. The molecule has 4 atom stereocenters. The van der Waals surface area contributed by atoms with Crippen molar-refractivity contribution in [3.8, 4) is 5.75 Å². The molecule has 0 aliphatic carbocycles. The predicted molar refractivity (Wildman–Crippen MR) is 197 cm³/mol. The van der Waals surface area contributed by atoms with Gasteiger partial charge in [0.1, 0.15) is 36.5 Å². The molecule has 1 aromatic rings. The van der Waals surface area contributed by atoms with Crippen LogP contribution in [0, 0.1) is 0 Å². The zero-order valence-corrected chi connectivity index (χ0v) is 32.6. The Kier molecular flexibility index (Phi) is 22.8. The van der Waals surface area contributed by atoms with Gasteiger partial charge in [-0.3, -0.25) is 38.8 Å². The maximum atomic E-state index is 12.8. The molecule has 0 spiro atoms. The lowest BCUT2D eigenvalue weighted by atomic mass is 10.0. The van der Waals surface area contributed by atoms with E-state index in [1.807, 2.05) is 41.0 Å². The van der Waals surface area contributed by atoms with Crippen molar-refractivity contribution in [1.29, 1.82) is 0 Å². The van der Waals surface area contributed by atoms with Crippen molar-refractivity contribution >= 4 is 23.9 Å². The van der Waals surface area contributed by atoms with E-state index in [1.165, 1.54) is 21.3 Å². The van der Waals surface area contributed by atoms with Crippen LogP contribution in [-0.4, -0.2) is 203 Å². The molecule has 3 N–H and O–H groups in total. The van der Waals surface area contributed by atoms with E-state index in [0.29, 0.717) is 58.0 Å². The van der Waals surface area contributed by atoms with Gasteiger partial charge in [-0.15, -0.1) is 0 Å². The van der Waals surface area contributed by atoms with Crippen molar-refractivity contribution in [3.63, 3.8) is 0 Å². The van der Waals surface area contributed by atoms with Crippen LogP contribution in [-0.2, 0) is 49.3 Å². The molecule has 1 saturated heterocycles. The predicted octanol–water partition coefficient (Wildman–Crippen LogP) is -0.255. The molecule has 1 aliphatic heterocycles. The molecule has 2 rings (SSSR count). The Balaban J connectivity index is 2.26. The van der Waals surface area contributed by atoms with E-state index in [-0.39, 0.29) is 52.4 Å². The number of benzene rings is 1. The quantitative estimate of drug-likeness (QED) is 0.0792. The van der Waals surface area contributed by atoms with E-state index in [2.05, 4.69) is 0 Å². The highest BCUT2D eigenvalue weighted by molar-refractivity contribution is 5.76. The number of aryl methyl sites for hydroxylation is 1. The van der Waals surface area contributed by atoms with Gasteiger partial charge in [-0.05, 0) is 50.8 Å². The third-order valence-corrected chi connectivity index (χ3v) is 9.63. The molecule has 1 aliphatic rings. The highest BCUT2D eigenvalue weighted by Crippen LogP contribution is 2.18. The summed E-state index contributed by atoms with van der Waals surface area (Å²) in [5.74, 6) is -2.08. The summed E-state index contributed by atoms with van der Waals surface area (Å²) in [6.07, 6.45) is 1.53. The van der Waals surface area contributed by atoms with Gasteiger partial charge < -0.3 is 43.7 Å². The zero-order chi connectivity index (χ0) is 39.9. The van der Waals surface area contributed by atoms with Crippen molar-refractivity contribution in [2.24, 2.45) is 0 Å². The second-order valence-corrected chi connectivity index (χ2v) is 12.8. The summed E-state index contributed by atoms with van der Waals surface area (Å²) < 4.78 is 31.4. The first-order valence-corrected chi connectivity index (χ1v) is 18.6. The lowest BCUT2D eigenvalue weighted by Crippen LogP contribution is -2.57. The number of aliphatic hydroxyl groups excluding tert-OH is 2. The molecule has 0 radical (unpaired) electrons. The molecule has 17 nitrogen and oxygen atoms in total. The second kappa shape index (κ2) is 26.4. The molecule has 0 unspecified atom stereocenters. The van der Waals surface area contributed by atoms with E-state index in [0.717, 1.165) is 5.56 Å². The number of rotatable bonds is 22. The van der Waals surface area contributed by atoms with Crippen molar-refractivity contribution in [2.45, 2.75) is 57.3 Å². The number of hydrogen-bond donors (Lipinski definition) is 3. The largest absolute Gasteiger partial charge is 0.491 e. The maximum Gasteiger partial charge on any atom is 0.325 e. The standard InChI is InChI=1S/C37H62N4O13/c1-6-52-22-23-53-24-25-54-30-12-10-29(11-13-30)8-7-9-31(34(44)45)39-16-14-38(28(2)35(46)49-3)15-17-40(32(26-42)36(47)50-4)20-21-41(19-18-39)33(27-43)37(48)51-5/h10-13,28,31-33,42-43H,6-9,14-27H2,1-5H3,(H,44,45)/t28-,31-,32-,33-/m1/s1. The average Bonchev–Trinajstić information content (AvgIpc) is 3.18. The number of hydrogen-bond acceptors (Lipinski definition) is 16. The monoisotopic (exact) mass is 770 g/mol. The summed E-state index contributed by atoms with van der Waals surface area (Å²) >= 11 is 0. The van der Waals surface area contributed by atoms with Crippen LogP contribution < -0.4 is 4.74 Å². The number of carbonyl (C=O) groups is 4. The summed E-state index contributed by atoms with van der Waals surface area (Å²) in [4.78, 5) is 58.0. The second-order valence-electron chi connectivity index (χ2n) is 12.8. The Bertz CT molecular complexity index is 1240. The molecule has 54 heavy (non-hydrogen) atoms. The third kappa shape index (κ3) is 15.7. The summed E-state index contributed by atoms with van der Waals surface area (Å²) in [6, 6.07) is 4.00. The van der Waals surface area contributed by atoms with E-state index in [4.69, 9.17) is 28.4 Å². The SMILES string of the molecule is CCOCCOCCOc1ccc(CCC[C@H](C(=O)O)N2CCN([C@H](C)C(=O)OC)CCN([C@H](CO)C(=O)OC)CCN([C@H](CO)C(=O)OC)CC2)cc1. The molecular weight excluding hydrogens is 708 g/mol. The van der Waals surface area contributed by atoms with Crippen molar-refractivity contribution in [1.82, 2.24) is 19.6 Å². The number of carboxylic acids is 1. The van der Waals surface area contributed by atoms with Crippen LogP contribution in [0.2, 0.25) is 0 Å². The van der Waals surface area contributed by atoms with E-state index in [1.54, 1.807) is 16.7 Å². The van der Waals surface area contributed by atoms with Crippen molar-refractivity contribution in [3.05, 3.63) is 29.8 Å². The molecule has 0 saturated carbocycles. The molecule has 17 heteroatoms. The topological polar surface area (TPSA) is 197 Å². The van der Waals surface area contributed by atoms with Gasteiger partial charge in [0, 0.05) is 59.0 Å². The zero-order valence-electron chi connectivity index (χ0n) is 32.6. The van der Waals surface area contributed by atoms with Crippen LogP contribution in [0.3, 0.4) is 0 Å². The first kappa shape index (κ1) is 46.7. The van der Waals surface area contributed by atoms with Crippen LogP contribution in [0.25, 0.3) is 0 Å². The van der Waals surface area contributed by atoms with Crippen LogP contribution in [0.15, 0.2) is 24.3 Å². The fraction of sp³-hybridized carbons (Fsp3) is 0.730. The molecule has 308 valence electrons. The fourth-order valence-corrected chi connectivity index (χ4v) is 6.36. The van der Waals surface area contributed by atoms with Gasteiger partial charge in [0.05, 0.1) is 54.4 Å². The Hall–Kier alpha value is -3.42. The van der Waals surface area contributed by atoms with Crippen molar-refractivity contribution in [2.75, 3.05) is 120 Å². The number of carbonyl (C=O) groups excluding carboxylic acids is 3. The minimum absolute atomic E-state index is 0.159. The number of aliphatic carboxylic acids is 1. The van der Waals surface area contributed by atoms with Gasteiger partial charge >= 0.3 is 23.9 Å². The molecule has 1 heterocycles. The lowest BCUT2D eigenvalue weighted by molar-refractivity contribution is -0.152. The lowest BCUT2D eigenvalue weighted by Gasteiger charge is -2.39. The summed E-state index contributed by atoms with van der Waals surface area (Å²) in [5.41, 5.74) is 1.03. The Labute approximate surface area is 318 Å². The van der Waals surface area contributed by atoms with Gasteiger partial charge in [-0.1, -0.05) is 12.1 Å². The first-order chi connectivity index (χ1) is 26.0. The van der Waals surface area contributed by atoms with E-state index < -0.39 is 61.3 Å². The van der Waals surface area contributed by atoms with Gasteiger partial charge in [0.2, 0.25) is 0 Å². The van der Waals surface area contributed by atoms with E-state index >= 15 is 0 Å². The molecule has 0 aromatic heterocycles. The highest BCUT2D eigenvalue weighted by atomic mass is 16.5. The molecule has 0 bridgehead atoms. The minimum atomic E-state index is -1.05. The van der Waals surface area contributed by atoms with Crippen LogP contribution in [0.5, 0.6) is 5.75 Å². The van der Waals surface area contributed by atoms with Crippen molar-refractivity contribution < 1.29 is 62.9 Å². The number of methoxy groups -OCH3 is 3. The Morgan fingerprint density at radius 1 is 0.648 bits per heavy atom. The molecule has 0 amide bonds. The average molecular weight is 771 g/mol. The Morgan fingerprint density at radius 3 is 1.54 bits per heavy atom. The van der Waals surface area contributed by atoms with Gasteiger partial charge in [0.15, 0.2) is 0 Å². The van der Waals surface area contributed by atoms with E-state index in [9.17, 15) is 34.5 Å². The first-order valence-electron chi connectivity index (χ1n) is 18.6. The summed E-state index contributed by atoms with van der Waals surface area (Å²) in [5, 5.41) is 30.9. The Morgan fingerprint density at radius 2 is 1.09 bits per heavy atom. The molecule has 1 aromatic carbocycles. The number of ether oxygens (including phenoxy) is 6. The van der Waals surface area contributed by atoms with Gasteiger partial charge in [-0.2, -0.15) is 0 Å². The van der Waals surface area contributed by atoms with Gasteiger partial charge in [0.25, 0.3) is 0 Å². The van der Waals surface area contributed by atoms with Crippen LogP contribution in [0.4, 0.5) is 0 Å². The number of esters is 3. The summed E-state index contributed by atoms with van der Waals surface area (Å²) in [6.45, 7) is 6.79. The normalized spacial score (nSPS) is 18.0. The molecule has 1 fully saturated rings. The van der Waals surface area contributed by atoms with Crippen LogP contribution >= 0.6 is 0 Å². The van der Waals surface area contributed by atoms with Gasteiger partial charge in [-0.25, -0.2) is 0 Å².